The Morgan fingerprint density at radius 2 is 1.60 bits per heavy atom. The third kappa shape index (κ3) is 3.66. The lowest BCUT2D eigenvalue weighted by Crippen LogP contribution is -2.18. The SMILES string of the molecule is O=C(CCC(O)c1ccc(-c2ccccc2)cc1)NO. The molecule has 0 aliphatic heterocycles. The number of benzene rings is 2. The number of carbonyl (C=O) groups is 1. The van der Waals surface area contributed by atoms with Gasteiger partial charge >= 0.3 is 0 Å². The monoisotopic (exact) mass is 271 g/mol. The Morgan fingerprint density at radius 1 is 1.00 bits per heavy atom. The van der Waals surface area contributed by atoms with Crippen molar-refractivity contribution < 1.29 is 15.1 Å². The van der Waals surface area contributed by atoms with Crippen molar-refractivity contribution in [1.82, 2.24) is 5.48 Å². The van der Waals surface area contributed by atoms with Crippen LogP contribution in [-0.4, -0.2) is 16.2 Å². The smallest absolute Gasteiger partial charge is 0.243 e. The van der Waals surface area contributed by atoms with E-state index in [4.69, 9.17) is 5.21 Å². The molecule has 1 amide bonds. The molecule has 0 aliphatic carbocycles. The van der Waals surface area contributed by atoms with E-state index in [1.165, 1.54) is 0 Å². The third-order valence-corrected chi connectivity index (χ3v) is 3.17. The number of hydrogen-bond donors (Lipinski definition) is 3. The standard InChI is InChI=1S/C16H17NO3/c18-15(10-11-16(19)17-20)14-8-6-13(7-9-14)12-4-2-1-3-5-12/h1-9,15,18,20H,10-11H2,(H,17,19). The summed E-state index contributed by atoms with van der Waals surface area (Å²) in [5.74, 6) is -0.495. The molecule has 0 spiro atoms. The lowest BCUT2D eigenvalue weighted by atomic mass is 10.00. The van der Waals surface area contributed by atoms with Crippen LogP contribution >= 0.6 is 0 Å². The maximum absolute atomic E-state index is 10.9. The number of hydroxylamine groups is 1. The second-order valence-corrected chi connectivity index (χ2v) is 4.58. The van der Waals surface area contributed by atoms with Gasteiger partial charge in [-0.2, -0.15) is 0 Å². The van der Waals surface area contributed by atoms with Gasteiger partial charge in [-0.1, -0.05) is 54.6 Å². The molecule has 0 saturated carbocycles. The van der Waals surface area contributed by atoms with Crippen LogP contribution in [0.3, 0.4) is 0 Å². The van der Waals surface area contributed by atoms with Gasteiger partial charge in [0.1, 0.15) is 0 Å². The van der Waals surface area contributed by atoms with E-state index in [0.717, 1.165) is 16.7 Å². The van der Waals surface area contributed by atoms with Crippen molar-refractivity contribution in [2.24, 2.45) is 0 Å². The first-order valence-electron chi connectivity index (χ1n) is 6.47. The summed E-state index contributed by atoms with van der Waals surface area (Å²) in [5.41, 5.74) is 4.51. The zero-order valence-electron chi connectivity index (χ0n) is 11.0. The molecule has 0 saturated heterocycles. The Balaban J connectivity index is 2.03. The van der Waals surface area contributed by atoms with Crippen LogP contribution < -0.4 is 5.48 Å². The lowest BCUT2D eigenvalue weighted by Gasteiger charge is -2.11. The van der Waals surface area contributed by atoms with Crippen LogP contribution in [0.5, 0.6) is 0 Å². The van der Waals surface area contributed by atoms with Crippen molar-refractivity contribution in [3.63, 3.8) is 0 Å². The number of nitrogens with one attached hydrogen (secondary N) is 1. The third-order valence-electron chi connectivity index (χ3n) is 3.17. The number of aliphatic hydroxyl groups excluding tert-OH is 1. The summed E-state index contributed by atoms with van der Waals surface area (Å²) < 4.78 is 0. The second-order valence-electron chi connectivity index (χ2n) is 4.58. The first kappa shape index (κ1) is 14.2. The zero-order chi connectivity index (χ0) is 14.4. The van der Waals surface area contributed by atoms with E-state index >= 15 is 0 Å². The average molecular weight is 271 g/mol. The van der Waals surface area contributed by atoms with Crippen LogP contribution in [0.2, 0.25) is 0 Å². The molecule has 0 aromatic heterocycles. The van der Waals surface area contributed by atoms with Crippen LogP contribution in [-0.2, 0) is 4.79 Å². The van der Waals surface area contributed by atoms with Gasteiger partial charge in [-0.05, 0) is 23.1 Å². The normalized spacial score (nSPS) is 11.9. The molecule has 1 unspecified atom stereocenters. The van der Waals surface area contributed by atoms with E-state index in [0.29, 0.717) is 0 Å². The number of carbonyl (C=O) groups excluding carboxylic acids is 1. The van der Waals surface area contributed by atoms with Crippen LogP contribution in [0, 0.1) is 0 Å². The number of rotatable bonds is 5. The molecule has 0 radical (unpaired) electrons. The predicted octanol–water partition coefficient (Wildman–Crippen LogP) is 2.67. The van der Waals surface area contributed by atoms with Crippen molar-refractivity contribution in [1.29, 1.82) is 0 Å². The molecular weight excluding hydrogens is 254 g/mol. The molecular formula is C16H17NO3. The molecule has 2 rings (SSSR count). The maximum Gasteiger partial charge on any atom is 0.243 e. The van der Waals surface area contributed by atoms with E-state index in [-0.39, 0.29) is 12.8 Å². The predicted molar refractivity (Wildman–Crippen MR) is 76.0 cm³/mol. The minimum atomic E-state index is -0.711. The molecule has 0 aliphatic rings. The Bertz CT molecular complexity index is 552. The minimum Gasteiger partial charge on any atom is -0.388 e. The van der Waals surface area contributed by atoms with E-state index in [1.54, 1.807) is 5.48 Å². The highest BCUT2D eigenvalue weighted by Crippen LogP contribution is 2.23. The Hall–Kier alpha value is -2.17. The zero-order valence-corrected chi connectivity index (χ0v) is 11.0. The van der Waals surface area contributed by atoms with Gasteiger partial charge in [0, 0.05) is 6.42 Å². The number of aliphatic hydroxyl groups is 1. The number of hydrogen-bond acceptors (Lipinski definition) is 3. The van der Waals surface area contributed by atoms with Crippen molar-refractivity contribution in [2.75, 3.05) is 0 Å². The molecule has 1 atom stereocenters. The Labute approximate surface area is 117 Å². The molecule has 4 nitrogen and oxygen atoms in total. The largest absolute Gasteiger partial charge is 0.388 e. The highest BCUT2D eigenvalue weighted by molar-refractivity contribution is 5.74. The number of amides is 1. The van der Waals surface area contributed by atoms with Gasteiger partial charge in [0.25, 0.3) is 0 Å². The van der Waals surface area contributed by atoms with E-state index in [9.17, 15) is 9.90 Å². The van der Waals surface area contributed by atoms with Gasteiger partial charge in [0.2, 0.25) is 5.91 Å². The molecule has 104 valence electrons. The van der Waals surface area contributed by atoms with Crippen LogP contribution in [0.4, 0.5) is 0 Å². The summed E-state index contributed by atoms with van der Waals surface area (Å²) in [5, 5.41) is 18.4. The van der Waals surface area contributed by atoms with Crippen molar-refractivity contribution in [2.45, 2.75) is 18.9 Å². The van der Waals surface area contributed by atoms with Crippen LogP contribution in [0.1, 0.15) is 24.5 Å². The highest BCUT2D eigenvalue weighted by atomic mass is 16.5. The van der Waals surface area contributed by atoms with Crippen molar-refractivity contribution >= 4 is 5.91 Å². The summed E-state index contributed by atoms with van der Waals surface area (Å²) in [6.07, 6.45) is -0.355. The van der Waals surface area contributed by atoms with Gasteiger partial charge < -0.3 is 5.11 Å². The minimum absolute atomic E-state index is 0.0815. The van der Waals surface area contributed by atoms with Gasteiger partial charge in [-0.3, -0.25) is 10.0 Å². The molecule has 0 bridgehead atoms. The quantitative estimate of drug-likeness (QED) is 0.578. The molecule has 2 aromatic carbocycles. The van der Waals surface area contributed by atoms with Crippen molar-refractivity contribution in [3.05, 3.63) is 60.2 Å². The maximum atomic E-state index is 10.9. The molecule has 20 heavy (non-hydrogen) atoms. The van der Waals surface area contributed by atoms with E-state index in [1.807, 2.05) is 54.6 Å². The molecule has 0 fully saturated rings. The summed E-state index contributed by atoms with van der Waals surface area (Å²) in [6.45, 7) is 0. The van der Waals surface area contributed by atoms with Gasteiger partial charge in [0.15, 0.2) is 0 Å². The molecule has 3 N–H and O–H groups in total. The Kier molecular flexibility index (Phi) is 4.87. The van der Waals surface area contributed by atoms with Crippen molar-refractivity contribution in [3.8, 4) is 11.1 Å². The Morgan fingerprint density at radius 3 is 2.20 bits per heavy atom. The summed E-state index contributed by atoms with van der Waals surface area (Å²) in [7, 11) is 0. The highest BCUT2D eigenvalue weighted by Gasteiger charge is 2.10. The summed E-state index contributed by atoms with van der Waals surface area (Å²) in [6, 6.07) is 17.6. The van der Waals surface area contributed by atoms with Gasteiger partial charge in [-0.25, -0.2) is 5.48 Å². The second kappa shape index (κ2) is 6.84. The van der Waals surface area contributed by atoms with Crippen LogP contribution in [0.25, 0.3) is 11.1 Å². The average Bonchev–Trinajstić information content (AvgIpc) is 2.53. The molecule has 0 heterocycles. The first-order valence-corrected chi connectivity index (χ1v) is 6.47. The fourth-order valence-corrected chi connectivity index (χ4v) is 2.02. The lowest BCUT2D eigenvalue weighted by molar-refractivity contribution is -0.129. The van der Waals surface area contributed by atoms with E-state index in [2.05, 4.69) is 0 Å². The molecule has 4 heteroatoms. The fraction of sp³-hybridized carbons (Fsp3) is 0.188. The van der Waals surface area contributed by atoms with Gasteiger partial charge in [0.05, 0.1) is 6.10 Å². The van der Waals surface area contributed by atoms with E-state index < -0.39 is 12.0 Å². The fourth-order valence-electron chi connectivity index (χ4n) is 2.02. The van der Waals surface area contributed by atoms with Gasteiger partial charge in [-0.15, -0.1) is 0 Å². The first-order chi connectivity index (χ1) is 9.70. The summed E-state index contributed by atoms with van der Waals surface area (Å²) in [4.78, 5) is 10.9. The topological polar surface area (TPSA) is 69.6 Å². The molecule has 2 aromatic rings. The summed E-state index contributed by atoms with van der Waals surface area (Å²) >= 11 is 0. The van der Waals surface area contributed by atoms with Crippen LogP contribution in [0.15, 0.2) is 54.6 Å².